The number of rotatable bonds is 6. The predicted molar refractivity (Wildman–Crippen MR) is 73.1 cm³/mol. The maximum absolute atomic E-state index is 5.72. The van der Waals surface area contributed by atoms with Crippen molar-refractivity contribution in [2.24, 2.45) is 0 Å². The summed E-state index contributed by atoms with van der Waals surface area (Å²) < 4.78 is 16.6. The number of methoxy groups -OCH3 is 1. The molecule has 0 saturated carbocycles. The van der Waals surface area contributed by atoms with Crippen molar-refractivity contribution in [3.63, 3.8) is 0 Å². The highest BCUT2D eigenvalue weighted by molar-refractivity contribution is 6.70. The van der Waals surface area contributed by atoms with Crippen molar-refractivity contribution in [1.29, 1.82) is 0 Å². The fourth-order valence-corrected chi connectivity index (χ4v) is 2.58. The van der Waals surface area contributed by atoms with E-state index in [9.17, 15) is 0 Å². The molecule has 0 fully saturated rings. The highest BCUT2D eigenvalue weighted by atomic mass is 28.4. The Hall–Kier alpha value is -0.686. The van der Waals surface area contributed by atoms with Crippen molar-refractivity contribution in [2.45, 2.75) is 39.3 Å². The summed E-state index contributed by atoms with van der Waals surface area (Å²) in [6.45, 7) is 16.5. The van der Waals surface area contributed by atoms with Gasteiger partial charge in [0.15, 0.2) is 0 Å². The fraction of sp³-hybridized carbons (Fsp3) is 0.636. The smallest absolute Gasteiger partial charge is 0.268 e. The Morgan fingerprint density at radius 3 is 1.69 bits per heavy atom. The lowest BCUT2D eigenvalue weighted by molar-refractivity contribution is 0.145. The van der Waals surface area contributed by atoms with E-state index in [1.54, 1.807) is 13.2 Å². The van der Waals surface area contributed by atoms with Crippen LogP contribution in [-0.4, -0.2) is 23.7 Å². The quantitative estimate of drug-likeness (QED) is 0.414. The van der Waals surface area contributed by atoms with Crippen LogP contribution in [0.25, 0.3) is 0 Å². The SMILES string of the molecule is C=C(/C=C(/OC)O[Si](C)(C)C)O[Si](C)(C)C. The summed E-state index contributed by atoms with van der Waals surface area (Å²) in [5.41, 5.74) is 0. The third kappa shape index (κ3) is 8.61. The van der Waals surface area contributed by atoms with E-state index >= 15 is 0 Å². The van der Waals surface area contributed by atoms with E-state index in [0.29, 0.717) is 11.7 Å². The monoisotopic (exact) mass is 260 g/mol. The molecule has 0 aromatic heterocycles. The molecule has 0 aromatic carbocycles. The zero-order valence-electron chi connectivity index (χ0n) is 11.5. The van der Waals surface area contributed by atoms with Gasteiger partial charge in [0.05, 0.1) is 13.2 Å². The molecule has 94 valence electrons. The Kier molecular flexibility index (Phi) is 5.35. The first kappa shape index (κ1) is 15.3. The first-order valence-electron chi connectivity index (χ1n) is 5.36. The highest BCUT2D eigenvalue weighted by Gasteiger charge is 2.20. The molecule has 0 saturated heterocycles. The summed E-state index contributed by atoms with van der Waals surface area (Å²) in [6, 6.07) is 0. The molecule has 0 unspecified atom stereocenters. The topological polar surface area (TPSA) is 27.7 Å². The Morgan fingerprint density at radius 1 is 0.938 bits per heavy atom. The van der Waals surface area contributed by atoms with Gasteiger partial charge in [-0.2, -0.15) is 0 Å². The van der Waals surface area contributed by atoms with Crippen LogP contribution in [0.1, 0.15) is 0 Å². The maximum Gasteiger partial charge on any atom is 0.268 e. The van der Waals surface area contributed by atoms with Crippen LogP contribution in [0.3, 0.4) is 0 Å². The van der Waals surface area contributed by atoms with Gasteiger partial charge in [-0.3, -0.25) is 0 Å². The van der Waals surface area contributed by atoms with Gasteiger partial charge in [-0.05, 0) is 39.3 Å². The molecule has 0 aliphatic carbocycles. The van der Waals surface area contributed by atoms with Gasteiger partial charge in [-0.25, -0.2) is 0 Å². The number of hydrogen-bond acceptors (Lipinski definition) is 3. The van der Waals surface area contributed by atoms with Crippen LogP contribution >= 0.6 is 0 Å². The molecule has 5 heteroatoms. The predicted octanol–water partition coefficient (Wildman–Crippen LogP) is 3.69. The molecule has 0 heterocycles. The molecule has 0 spiro atoms. The molecule has 3 nitrogen and oxygen atoms in total. The minimum absolute atomic E-state index is 0.488. The third-order valence-corrected chi connectivity index (χ3v) is 3.01. The second-order valence-electron chi connectivity index (χ2n) is 5.56. The van der Waals surface area contributed by atoms with Crippen LogP contribution in [-0.2, 0) is 13.6 Å². The molecule has 0 aliphatic rings. The molecule has 0 amide bonds. The molecule has 0 N–H and O–H groups in total. The summed E-state index contributed by atoms with van der Waals surface area (Å²) in [6.07, 6.45) is 1.72. The minimum Gasteiger partial charge on any atom is -0.545 e. The van der Waals surface area contributed by atoms with Gasteiger partial charge in [-0.1, -0.05) is 6.58 Å². The molecule has 0 radical (unpaired) electrons. The van der Waals surface area contributed by atoms with Crippen LogP contribution < -0.4 is 0 Å². The Morgan fingerprint density at radius 2 is 1.38 bits per heavy atom. The molecule has 16 heavy (non-hydrogen) atoms. The van der Waals surface area contributed by atoms with Crippen LogP contribution in [0.2, 0.25) is 39.3 Å². The molecular weight excluding hydrogens is 236 g/mol. The van der Waals surface area contributed by atoms with E-state index in [4.69, 9.17) is 13.6 Å². The number of allylic oxidation sites excluding steroid dienone is 1. The van der Waals surface area contributed by atoms with Gasteiger partial charge < -0.3 is 13.6 Å². The van der Waals surface area contributed by atoms with Gasteiger partial charge in [-0.15, -0.1) is 0 Å². The van der Waals surface area contributed by atoms with E-state index < -0.39 is 16.6 Å². The van der Waals surface area contributed by atoms with Gasteiger partial charge in [0.1, 0.15) is 5.76 Å². The van der Waals surface area contributed by atoms with Crippen molar-refractivity contribution in [1.82, 2.24) is 0 Å². The molecule has 0 aliphatic heterocycles. The molecule has 0 aromatic rings. The van der Waals surface area contributed by atoms with Crippen molar-refractivity contribution in [3.8, 4) is 0 Å². The Labute approximate surface area is 101 Å². The van der Waals surface area contributed by atoms with E-state index in [0.717, 1.165) is 0 Å². The Balaban J connectivity index is 4.53. The van der Waals surface area contributed by atoms with Crippen LogP contribution in [0, 0.1) is 0 Å². The van der Waals surface area contributed by atoms with Crippen LogP contribution in [0.15, 0.2) is 24.4 Å². The van der Waals surface area contributed by atoms with E-state index in [1.807, 2.05) is 0 Å². The summed E-state index contributed by atoms with van der Waals surface area (Å²) in [5.74, 6) is 1.09. The lowest BCUT2D eigenvalue weighted by Gasteiger charge is -2.22. The fourth-order valence-electron chi connectivity index (χ4n) is 0.986. The summed E-state index contributed by atoms with van der Waals surface area (Å²) in [7, 11) is -1.66. The van der Waals surface area contributed by atoms with Gasteiger partial charge in [0, 0.05) is 0 Å². The van der Waals surface area contributed by atoms with Crippen LogP contribution in [0.5, 0.6) is 0 Å². The average Bonchev–Trinajstić information content (AvgIpc) is 1.96. The molecule has 0 rings (SSSR count). The molecule has 0 bridgehead atoms. The van der Waals surface area contributed by atoms with Crippen LogP contribution in [0.4, 0.5) is 0 Å². The summed E-state index contributed by atoms with van der Waals surface area (Å²) >= 11 is 0. The average molecular weight is 260 g/mol. The van der Waals surface area contributed by atoms with Gasteiger partial charge in [0.25, 0.3) is 5.95 Å². The highest BCUT2D eigenvalue weighted by Crippen LogP contribution is 2.15. The standard InChI is InChI=1S/C11H24O3Si2/c1-10(13-15(3,4)5)9-11(12-2)14-16(6,7)8/h9H,1H2,2-8H3/b11-9-. The zero-order valence-corrected chi connectivity index (χ0v) is 13.5. The summed E-state index contributed by atoms with van der Waals surface area (Å²) in [5, 5.41) is 0. The van der Waals surface area contributed by atoms with Gasteiger partial charge in [0.2, 0.25) is 16.6 Å². The third-order valence-electron chi connectivity index (χ3n) is 1.32. The van der Waals surface area contributed by atoms with Crippen molar-refractivity contribution in [3.05, 3.63) is 24.4 Å². The lowest BCUT2D eigenvalue weighted by Crippen LogP contribution is -2.26. The molecule has 0 atom stereocenters. The Bertz CT molecular complexity index is 272. The minimum atomic E-state index is -1.65. The van der Waals surface area contributed by atoms with Crippen molar-refractivity contribution < 1.29 is 13.6 Å². The normalized spacial score (nSPS) is 13.3. The van der Waals surface area contributed by atoms with E-state index in [2.05, 4.69) is 45.9 Å². The lowest BCUT2D eigenvalue weighted by atomic mass is 10.5. The number of hydrogen-bond donors (Lipinski definition) is 0. The molecular formula is C11H24O3Si2. The van der Waals surface area contributed by atoms with Gasteiger partial charge >= 0.3 is 0 Å². The first-order valence-corrected chi connectivity index (χ1v) is 12.2. The maximum atomic E-state index is 5.72. The largest absolute Gasteiger partial charge is 0.545 e. The number of ether oxygens (including phenoxy) is 1. The first-order chi connectivity index (χ1) is 7.03. The zero-order chi connectivity index (χ0) is 13.0. The second kappa shape index (κ2) is 5.59. The van der Waals surface area contributed by atoms with Crippen molar-refractivity contribution >= 4 is 16.6 Å². The van der Waals surface area contributed by atoms with E-state index in [1.165, 1.54) is 0 Å². The van der Waals surface area contributed by atoms with E-state index in [-0.39, 0.29) is 0 Å². The summed E-state index contributed by atoms with van der Waals surface area (Å²) in [4.78, 5) is 0. The second-order valence-corrected chi connectivity index (χ2v) is 14.4. The van der Waals surface area contributed by atoms with Crippen molar-refractivity contribution in [2.75, 3.05) is 7.11 Å².